The first-order chi connectivity index (χ1) is 13.1. The highest BCUT2D eigenvalue weighted by molar-refractivity contribution is 5.99. The third kappa shape index (κ3) is 2.48. The van der Waals surface area contributed by atoms with Gasteiger partial charge in [0, 0.05) is 5.92 Å². The van der Waals surface area contributed by atoms with Crippen LogP contribution in [0, 0.1) is 0 Å². The molecule has 3 unspecified atom stereocenters. The molecule has 1 aliphatic rings. The zero-order valence-corrected chi connectivity index (χ0v) is 15.6. The van der Waals surface area contributed by atoms with Crippen molar-refractivity contribution in [3.8, 4) is 0 Å². The fourth-order valence-corrected chi connectivity index (χ4v) is 4.93. The van der Waals surface area contributed by atoms with Gasteiger partial charge in [0.05, 0.1) is 11.3 Å². The van der Waals surface area contributed by atoms with E-state index in [1.54, 1.807) is 13.8 Å². The molecule has 3 aromatic carbocycles. The van der Waals surface area contributed by atoms with Gasteiger partial charge < -0.3 is 0 Å². The molecule has 4 rings (SSSR count). The minimum absolute atomic E-state index is 0.0683. The molecule has 27 heavy (non-hydrogen) atoms. The molecule has 2 nitrogen and oxygen atoms in total. The highest BCUT2D eigenvalue weighted by atomic mass is 16.1. The van der Waals surface area contributed by atoms with Gasteiger partial charge in [0.15, 0.2) is 0 Å². The van der Waals surface area contributed by atoms with E-state index in [1.807, 2.05) is 84.9 Å². The summed E-state index contributed by atoms with van der Waals surface area (Å²) in [6, 6.07) is 27.8. The summed E-state index contributed by atoms with van der Waals surface area (Å²) in [6.45, 7) is 3.29. The molecule has 1 aliphatic carbocycles. The molecule has 2 heteroatoms. The molecule has 0 radical (unpaired) electrons. The van der Waals surface area contributed by atoms with Crippen LogP contribution >= 0.6 is 0 Å². The predicted molar refractivity (Wildman–Crippen MR) is 107 cm³/mol. The van der Waals surface area contributed by atoms with E-state index in [1.165, 1.54) is 0 Å². The molecule has 3 aromatic rings. The summed E-state index contributed by atoms with van der Waals surface area (Å²) < 4.78 is 0. The molecule has 0 aliphatic heterocycles. The second kappa shape index (κ2) is 6.62. The maximum Gasteiger partial charge on any atom is 0.145 e. The lowest BCUT2D eigenvalue weighted by Crippen LogP contribution is -2.40. The summed E-state index contributed by atoms with van der Waals surface area (Å²) in [5.74, 6) is -0.435. The van der Waals surface area contributed by atoms with Gasteiger partial charge in [-0.15, -0.1) is 0 Å². The Kier molecular flexibility index (Phi) is 4.27. The highest BCUT2D eigenvalue weighted by Crippen LogP contribution is 2.59. The Labute approximate surface area is 159 Å². The van der Waals surface area contributed by atoms with Gasteiger partial charge in [-0.3, -0.25) is 9.59 Å². The van der Waals surface area contributed by atoms with Crippen molar-refractivity contribution in [3.63, 3.8) is 0 Å². The fraction of sp³-hybridized carbons (Fsp3) is 0.200. The number of carbonyl (C=O) groups excluding carboxylic acids is 2. The lowest BCUT2D eigenvalue weighted by atomic mass is 9.63. The molecule has 0 fully saturated rings. The largest absolute Gasteiger partial charge is 0.299 e. The Hall–Kier alpha value is -3.00. The zero-order valence-electron chi connectivity index (χ0n) is 15.6. The van der Waals surface area contributed by atoms with E-state index in [0.29, 0.717) is 0 Å². The van der Waals surface area contributed by atoms with Crippen molar-refractivity contribution >= 4 is 11.6 Å². The van der Waals surface area contributed by atoms with Crippen molar-refractivity contribution in [3.05, 3.63) is 107 Å². The van der Waals surface area contributed by atoms with Crippen LogP contribution in [0.15, 0.2) is 84.9 Å². The maximum atomic E-state index is 13.4. The minimum atomic E-state index is -0.866. The normalized spacial score (nSPS) is 23.6. The molecule has 0 saturated heterocycles. The molecule has 0 spiro atoms. The number of benzene rings is 3. The second-order valence-corrected chi connectivity index (χ2v) is 7.29. The Balaban J connectivity index is 2.13. The first-order valence-electron chi connectivity index (χ1n) is 9.29. The monoisotopic (exact) mass is 354 g/mol. The van der Waals surface area contributed by atoms with Crippen LogP contribution in [0.25, 0.3) is 0 Å². The predicted octanol–water partition coefficient (Wildman–Crippen LogP) is 5.03. The molecule has 0 bridgehead atoms. The SMILES string of the molecule is CC(=O)C1c2ccccc2C(C(C)=O)(c2ccccc2)C1c1ccccc1. The number of carbonyl (C=O) groups is 2. The molecule has 0 amide bonds. The van der Waals surface area contributed by atoms with Gasteiger partial charge in [0.1, 0.15) is 11.6 Å². The van der Waals surface area contributed by atoms with Crippen molar-refractivity contribution in [1.82, 2.24) is 0 Å². The van der Waals surface area contributed by atoms with E-state index in [4.69, 9.17) is 0 Å². The second-order valence-electron chi connectivity index (χ2n) is 7.29. The molecule has 0 saturated carbocycles. The molecule has 0 N–H and O–H groups in total. The Morgan fingerprint density at radius 2 is 1.30 bits per heavy atom. The van der Waals surface area contributed by atoms with Crippen LogP contribution in [0.2, 0.25) is 0 Å². The Morgan fingerprint density at radius 1 is 0.741 bits per heavy atom. The van der Waals surface area contributed by atoms with Crippen LogP contribution in [0.4, 0.5) is 0 Å². The number of ketones is 2. The van der Waals surface area contributed by atoms with Crippen LogP contribution in [0.1, 0.15) is 47.9 Å². The van der Waals surface area contributed by atoms with Gasteiger partial charge in [0.2, 0.25) is 0 Å². The van der Waals surface area contributed by atoms with Crippen molar-refractivity contribution in [2.24, 2.45) is 0 Å². The van der Waals surface area contributed by atoms with Crippen LogP contribution in [-0.4, -0.2) is 11.6 Å². The molecular formula is C25H22O2. The topological polar surface area (TPSA) is 34.1 Å². The number of rotatable bonds is 4. The summed E-state index contributed by atoms with van der Waals surface area (Å²) in [4.78, 5) is 26.2. The lowest BCUT2D eigenvalue weighted by molar-refractivity contribution is -0.122. The molecule has 0 heterocycles. The molecule has 0 aromatic heterocycles. The van der Waals surface area contributed by atoms with E-state index in [9.17, 15) is 9.59 Å². The van der Waals surface area contributed by atoms with Crippen LogP contribution in [0.3, 0.4) is 0 Å². The average Bonchev–Trinajstić information content (AvgIpc) is 3.01. The van der Waals surface area contributed by atoms with Gasteiger partial charge in [-0.25, -0.2) is 0 Å². The summed E-state index contributed by atoms with van der Waals surface area (Å²) in [7, 11) is 0. The van der Waals surface area contributed by atoms with Gasteiger partial charge in [-0.2, -0.15) is 0 Å². The third-order valence-electron chi connectivity index (χ3n) is 5.90. The van der Waals surface area contributed by atoms with Crippen LogP contribution in [0.5, 0.6) is 0 Å². The summed E-state index contributed by atoms with van der Waals surface area (Å²) in [5, 5.41) is 0. The van der Waals surface area contributed by atoms with Crippen molar-refractivity contribution in [2.75, 3.05) is 0 Å². The maximum absolute atomic E-state index is 13.4. The third-order valence-corrected chi connectivity index (χ3v) is 5.90. The fourth-order valence-electron chi connectivity index (χ4n) is 4.93. The summed E-state index contributed by atoms with van der Waals surface area (Å²) in [5.41, 5.74) is 3.03. The zero-order chi connectivity index (χ0) is 19.0. The Bertz CT molecular complexity index is 991. The number of hydrogen-bond donors (Lipinski definition) is 0. The summed E-state index contributed by atoms with van der Waals surface area (Å²) in [6.07, 6.45) is 0. The van der Waals surface area contributed by atoms with Gasteiger partial charge in [-0.05, 0) is 36.1 Å². The number of Topliss-reactive ketones (excluding diaryl/α,β-unsaturated/α-hetero) is 2. The minimum Gasteiger partial charge on any atom is -0.299 e. The van der Waals surface area contributed by atoms with Gasteiger partial charge in [0.25, 0.3) is 0 Å². The van der Waals surface area contributed by atoms with Crippen molar-refractivity contribution in [2.45, 2.75) is 31.1 Å². The standard InChI is InChI=1S/C25H22O2/c1-17(26)23-21-15-9-10-16-22(21)25(18(2)27,20-13-7-4-8-14-20)24(23)19-11-5-3-6-12-19/h3-16,23-24H,1-2H3. The molecule has 134 valence electrons. The molecular weight excluding hydrogens is 332 g/mol. The van der Waals surface area contributed by atoms with E-state index in [-0.39, 0.29) is 23.4 Å². The highest BCUT2D eigenvalue weighted by Gasteiger charge is 2.57. The van der Waals surface area contributed by atoms with Gasteiger partial charge in [-0.1, -0.05) is 84.9 Å². The summed E-state index contributed by atoms with van der Waals surface area (Å²) >= 11 is 0. The van der Waals surface area contributed by atoms with E-state index in [2.05, 4.69) is 0 Å². The van der Waals surface area contributed by atoms with Crippen molar-refractivity contribution in [1.29, 1.82) is 0 Å². The van der Waals surface area contributed by atoms with Crippen molar-refractivity contribution < 1.29 is 9.59 Å². The number of fused-ring (bicyclic) bond motifs is 1. The quantitative estimate of drug-likeness (QED) is 0.658. The van der Waals surface area contributed by atoms with E-state index < -0.39 is 5.41 Å². The average molecular weight is 354 g/mol. The van der Waals surface area contributed by atoms with Crippen LogP contribution < -0.4 is 0 Å². The van der Waals surface area contributed by atoms with Crippen LogP contribution in [-0.2, 0) is 15.0 Å². The van der Waals surface area contributed by atoms with E-state index >= 15 is 0 Å². The lowest BCUT2D eigenvalue weighted by Gasteiger charge is -2.37. The Morgan fingerprint density at radius 3 is 1.89 bits per heavy atom. The molecule has 3 atom stereocenters. The van der Waals surface area contributed by atoms with Gasteiger partial charge >= 0.3 is 0 Å². The first kappa shape index (κ1) is 17.4. The van der Waals surface area contributed by atoms with E-state index in [0.717, 1.165) is 22.3 Å². The number of hydrogen-bond acceptors (Lipinski definition) is 2. The smallest absolute Gasteiger partial charge is 0.145 e. The first-order valence-corrected chi connectivity index (χ1v) is 9.29.